The van der Waals surface area contributed by atoms with Crippen molar-refractivity contribution in [2.24, 2.45) is 0 Å². The monoisotopic (exact) mass is 449 g/mol. The number of hydrogen-bond acceptors (Lipinski definition) is 6. The van der Waals surface area contributed by atoms with Gasteiger partial charge in [-0.05, 0) is 69.6 Å². The average Bonchev–Trinajstić information content (AvgIpc) is 3.36. The average molecular weight is 449 g/mol. The standard InChI is InChI=1S/C23H23BFN3O3.C2H6/c1-22(2)23(3,4)31-24(30-22)16-7-11-18(12-8-16)27-20(14-26)19-13-21(29-28-19)15-5-9-17(25)10-6-15;1-2/h5-13,20,27H,1-4H3;1-2H3. The zero-order valence-corrected chi connectivity index (χ0v) is 19.8. The van der Waals surface area contributed by atoms with Crippen LogP contribution in [0.4, 0.5) is 10.1 Å². The molecule has 1 aliphatic rings. The summed E-state index contributed by atoms with van der Waals surface area (Å²) in [7, 11) is -0.445. The van der Waals surface area contributed by atoms with Crippen LogP contribution in [-0.2, 0) is 9.31 Å². The lowest BCUT2D eigenvalue weighted by Gasteiger charge is -2.32. The van der Waals surface area contributed by atoms with Crippen LogP contribution >= 0.6 is 0 Å². The topological polar surface area (TPSA) is 80.3 Å². The Kier molecular flexibility index (Phi) is 7.26. The van der Waals surface area contributed by atoms with Crippen LogP contribution in [0, 0.1) is 17.1 Å². The van der Waals surface area contributed by atoms with Crippen molar-refractivity contribution < 1.29 is 18.2 Å². The second-order valence-electron chi connectivity index (χ2n) is 8.54. The van der Waals surface area contributed by atoms with Crippen LogP contribution in [0.2, 0.25) is 0 Å². The molecule has 1 fully saturated rings. The molecule has 1 saturated heterocycles. The predicted molar refractivity (Wildman–Crippen MR) is 127 cm³/mol. The summed E-state index contributed by atoms with van der Waals surface area (Å²) in [6.45, 7) is 12.0. The number of nitrogens with one attached hydrogen (secondary N) is 1. The highest BCUT2D eigenvalue weighted by atomic mass is 19.1. The third-order valence-electron chi connectivity index (χ3n) is 5.83. The maximum atomic E-state index is 13.1. The molecule has 0 bridgehead atoms. The Bertz CT molecular complexity index is 1090. The lowest BCUT2D eigenvalue weighted by Crippen LogP contribution is -2.41. The second kappa shape index (κ2) is 9.78. The minimum absolute atomic E-state index is 0.330. The normalized spacial score (nSPS) is 17.0. The van der Waals surface area contributed by atoms with Crippen molar-refractivity contribution >= 4 is 18.3 Å². The maximum absolute atomic E-state index is 13.1. The molecule has 3 aromatic rings. The van der Waals surface area contributed by atoms with Crippen LogP contribution in [0.3, 0.4) is 0 Å². The van der Waals surface area contributed by atoms with E-state index < -0.39 is 24.4 Å². The van der Waals surface area contributed by atoms with Crippen molar-refractivity contribution in [2.75, 3.05) is 5.32 Å². The predicted octanol–water partition coefficient (Wildman–Crippen LogP) is 5.48. The second-order valence-corrected chi connectivity index (χ2v) is 8.54. The summed E-state index contributed by atoms with van der Waals surface area (Å²) in [4.78, 5) is 0. The Balaban J connectivity index is 0.00000149. The van der Waals surface area contributed by atoms with E-state index in [4.69, 9.17) is 13.8 Å². The molecule has 0 spiro atoms. The first kappa shape index (κ1) is 24.5. The number of nitrogens with zero attached hydrogens (tertiary/aromatic N) is 2. The zero-order valence-electron chi connectivity index (χ0n) is 19.8. The van der Waals surface area contributed by atoms with E-state index in [9.17, 15) is 9.65 Å². The Labute approximate surface area is 194 Å². The van der Waals surface area contributed by atoms with Crippen LogP contribution in [0.5, 0.6) is 0 Å². The first-order valence-corrected chi connectivity index (χ1v) is 11.0. The van der Waals surface area contributed by atoms with E-state index in [0.717, 1.165) is 11.2 Å². The van der Waals surface area contributed by atoms with Gasteiger partial charge < -0.3 is 19.1 Å². The van der Waals surface area contributed by atoms with E-state index in [0.29, 0.717) is 17.0 Å². The SMILES string of the molecule is CC.CC1(C)OB(c2ccc(NC(C#N)c3cc(-c4ccc(F)cc4)on3)cc2)OC1(C)C. The molecule has 0 saturated carbocycles. The Morgan fingerprint density at radius 1 is 0.970 bits per heavy atom. The van der Waals surface area contributed by atoms with Crippen molar-refractivity contribution in [1.29, 1.82) is 5.26 Å². The summed E-state index contributed by atoms with van der Waals surface area (Å²) in [6, 6.07) is 16.6. The number of nitriles is 1. The molecule has 2 aromatic carbocycles. The van der Waals surface area contributed by atoms with Gasteiger partial charge in [0.15, 0.2) is 11.8 Å². The molecule has 33 heavy (non-hydrogen) atoms. The van der Waals surface area contributed by atoms with Crippen LogP contribution < -0.4 is 10.8 Å². The first-order chi connectivity index (χ1) is 15.7. The van der Waals surface area contributed by atoms with Gasteiger partial charge in [0.2, 0.25) is 0 Å². The van der Waals surface area contributed by atoms with E-state index in [2.05, 4.69) is 16.5 Å². The van der Waals surface area contributed by atoms with Crippen molar-refractivity contribution in [3.8, 4) is 17.4 Å². The van der Waals surface area contributed by atoms with Crippen LogP contribution in [0.15, 0.2) is 59.1 Å². The van der Waals surface area contributed by atoms with Crippen molar-refractivity contribution in [3.05, 3.63) is 66.1 Å². The smallest absolute Gasteiger partial charge is 0.399 e. The maximum Gasteiger partial charge on any atom is 0.494 e. The molecule has 0 radical (unpaired) electrons. The largest absolute Gasteiger partial charge is 0.494 e. The minimum atomic E-state index is -0.708. The van der Waals surface area contributed by atoms with E-state index in [-0.39, 0.29) is 5.82 Å². The Morgan fingerprint density at radius 2 is 1.55 bits per heavy atom. The third-order valence-corrected chi connectivity index (χ3v) is 5.83. The van der Waals surface area contributed by atoms with Crippen LogP contribution in [0.25, 0.3) is 11.3 Å². The molecule has 8 heteroatoms. The highest BCUT2D eigenvalue weighted by molar-refractivity contribution is 6.62. The fourth-order valence-electron chi connectivity index (χ4n) is 3.23. The van der Waals surface area contributed by atoms with Crippen molar-refractivity contribution in [2.45, 2.75) is 58.8 Å². The van der Waals surface area contributed by atoms with Crippen LogP contribution in [0.1, 0.15) is 53.3 Å². The van der Waals surface area contributed by atoms with Gasteiger partial charge in [0.25, 0.3) is 0 Å². The number of benzene rings is 2. The molecule has 1 N–H and O–H groups in total. The van der Waals surface area contributed by atoms with Crippen molar-refractivity contribution in [1.82, 2.24) is 5.16 Å². The molecule has 1 atom stereocenters. The van der Waals surface area contributed by atoms with Gasteiger partial charge in [-0.2, -0.15) is 5.26 Å². The van der Waals surface area contributed by atoms with Crippen LogP contribution in [-0.4, -0.2) is 23.5 Å². The Hall–Kier alpha value is -3.15. The molecule has 4 rings (SSSR count). The summed E-state index contributed by atoms with van der Waals surface area (Å²) in [5, 5.41) is 16.8. The summed E-state index contributed by atoms with van der Waals surface area (Å²) in [5.41, 5.74) is 1.96. The van der Waals surface area contributed by atoms with E-state index in [1.807, 2.05) is 65.8 Å². The molecule has 6 nitrogen and oxygen atoms in total. The molecular weight excluding hydrogens is 420 g/mol. The van der Waals surface area contributed by atoms with Gasteiger partial charge in [-0.1, -0.05) is 31.1 Å². The highest BCUT2D eigenvalue weighted by Crippen LogP contribution is 2.36. The first-order valence-electron chi connectivity index (χ1n) is 11.0. The molecular formula is C25H29BFN3O3. The number of anilines is 1. The van der Waals surface area contributed by atoms with Gasteiger partial charge in [-0.15, -0.1) is 0 Å². The number of halogens is 1. The number of hydrogen-bond donors (Lipinski definition) is 1. The van der Waals surface area contributed by atoms with E-state index in [1.54, 1.807) is 18.2 Å². The molecule has 1 aromatic heterocycles. The fraction of sp³-hybridized carbons (Fsp3) is 0.360. The molecule has 0 amide bonds. The molecule has 0 aliphatic carbocycles. The summed E-state index contributed by atoms with van der Waals surface area (Å²) in [6.07, 6.45) is 0. The van der Waals surface area contributed by atoms with Gasteiger partial charge in [-0.3, -0.25) is 0 Å². The summed E-state index contributed by atoms with van der Waals surface area (Å²) < 4.78 is 30.6. The van der Waals surface area contributed by atoms with Gasteiger partial charge in [0, 0.05) is 17.3 Å². The molecule has 2 heterocycles. The summed E-state index contributed by atoms with van der Waals surface area (Å²) >= 11 is 0. The lowest BCUT2D eigenvalue weighted by molar-refractivity contribution is 0.00578. The summed E-state index contributed by atoms with van der Waals surface area (Å²) in [5.74, 6) is 0.136. The molecule has 1 unspecified atom stereocenters. The van der Waals surface area contributed by atoms with Gasteiger partial charge in [0.1, 0.15) is 11.5 Å². The third kappa shape index (κ3) is 5.27. The quantitative estimate of drug-likeness (QED) is 0.520. The Morgan fingerprint density at radius 3 is 2.09 bits per heavy atom. The fourth-order valence-corrected chi connectivity index (χ4v) is 3.23. The molecule has 172 valence electrons. The number of aromatic nitrogens is 1. The van der Waals surface area contributed by atoms with E-state index >= 15 is 0 Å². The minimum Gasteiger partial charge on any atom is -0.399 e. The van der Waals surface area contributed by atoms with Crippen molar-refractivity contribution in [3.63, 3.8) is 0 Å². The van der Waals surface area contributed by atoms with E-state index in [1.165, 1.54) is 12.1 Å². The van der Waals surface area contributed by atoms with Gasteiger partial charge >= 0.3 is 7.12 Å². The highest BCUT2D eigenvalue weighted by Gasteiger charge is 2.51. The number of rotatable bonds is 5. The van der Waals surface area contributed by atoms with Gasteiger partial charge in [-0.25, -0.2) is 4.39 Å². The lowest BCUT2D eigenvalue weighted by atomic mass is 9.79. The molecule has 1 aliphatic heterocycles. The zero-order chi connectivity index (χ0) is 24.2. The van der Waals surface area contributed by atoms with Gasteiger partial charge in [0.05, 0.1) is 17.3 Å².